The molecule has 1 saturated heterocycles. The summed E-state index contributed by atoms with van der Waals surface area (Å²) in [6, 6.07) is 7.14. The SMILES string of the molecule is COCCCNC(=O)c1cccc(NCC(=O)N2CCOCC2)c1. The molecule has 0 saturated carbocycles. The average molecular weight is 335 g/mol. The number of ether oxygens (including phenoxy) is 2. The molecular formula is C17H25N3O4. The Bertz CT molecular complexity index is 544. The van der Waals surface area contributed by atoms with Crippen LogP contribution in [-0.2, 0) is 14.3 Å². The van der Waals surface area contributed by atoms with Crippen LogP contribution in [0.5, 0.6) is 0 Å². The molecule has 1 aliphatic rings. The monoisotopic (exact) mass is 335 g/mol. The average Bonchev–Trinajstić information content (AvgIpc) is 2.64. The number of hydrogen-bond acceptors (Lipinski definition) is 5. The molecule has 2 amide bonds. The third-order valence-corrected chi connectivity index (χ3v) is 3.74. The van der Waals surface area contributed by atoms with Crippen molar-refractivity contribution in [1.82, 2.24) is 10.2 Å². The molecule has 132 valence electrons. The molecule has 7 heteroatoms. The highest BCUT2D eigenvalue weighted by Gasteiger charge is 2.16. The molecule has 2 N–H and O–H groups in total. The largest absolute Gasteiger partial charge is 0.385 e. The molecule has 1 heterocycles. The van der Waals surface area contributed by atoms with Crippen LogP contribution in [0.15, 0.2) is 24.3 Å². The van der Waals surface area contributed by atoms with Crippen LogP contribution in [0, 0.1) is 0 Å². The van der Waals surface area contributed by atoms with E-state index in [2.05, 4.69) is 10.6 Å². The number of amides is 2. The maximum absolute atomic E-state index is 12.1. The molecular weight excluding hydrogens is 310 g/mol. The molecule has 1 aromatic rings. The summed E-state index contributed by atoms with van der Waals surface area (Å²) >= 11 is 0. The van der Waals surface area contributed by atoms with Gasteiger partial charge in [0.1, 0.15) is 0 Å². The third kappa shape index (κ3) is 5.82. The Kier molecular flexibility index (Phi) is 7.51. The number of anilines is 1. The summed E-state index contributed by atoms with van der Waals surface area (Å²) in [5.74, 6) is -0.0954. The minimum absolute atomic E-state index is 0.0349. The van der Waals surface area contributed by atoms with Crippen molar-refractivity contribution in [2.75, 3.05) is 58.4 Å². The van der Waals surface area contributed by atoms with Crippen LogP contribution < -0.4 is 10.6 Å². The zero-order valence-corrected chi connectivity index (χ0v) is 14.0. The van der Waals surface area contributed by atoms with E-state index < -0.39 is 0 Å². The van der Waals surface area contributed by atoms with Gasteiger partial charge in [-0.1, -0.05) is 6.07 Å². The predicted octanol–water partition coefficient (Wildman–Crippen LogP) is 0.724. The molecule has 24 heavy (non-hydrogen) atoms. The summed E-state index contributed by atoms with van der Waals surface area (Å²) < 4.78 is 10.2. The number of hydrogen-bond donors (Lipinski definition) is 2. The van der Waals surface area contributed by atoms with Crippen molar-refractivity contribution in [2.45, 2.75) is 6.42 Å². The van der Waals surface area contributed by atoms with Crippen LogP contribution >= 0.6 is 0 Å². The van der Waals surface area contributed by atoms with Crippen molar-refractivity contribution in [1.29, 1.82) is 0 Å². The van der Waals surface area contributed by atoms with Crippen LogP contribution in [0.4, 0.5) is 5.69 Å². The van der Waals surface area contributed by atoms with Gasteiger partial charge in [-0.2, -0.15) is 0 Å². The summed E-state index contributed by atoms with van der Waals surface area (Å²) in [5, 5.41) is 5.92. The van der Waals surface area contributed by atoms with Crippen LogP contribution in [0.25, 0.3) is 0 Å². The molecule has 1 fully saturated rings. The summed E-state index contributed by atoms with van der Waals surface area (Å²) in [5.41, 5.74) is 1.32. The van der Waals surface area contributed by atoms with Gasteiger partial charge in [0.15, 0.2) is 0 Å². The lowest BCUT2D eigenvalue weighted by molar-refractivity contribution is -0.133. The smallest absolute Gasteiger partial charge is 0.251 e. The molecule has 0 unspecified atom stereocenters. The Morgan fingerprint density at radius 3 is 2.83 bits per heavy atom. The molecule has 0 bridgehead atoms. The summed E-state index contributed by atoms with van der Waals surface area (Å²) in [6.07, 6.45) is 0.772. The van der Waals surface area contributed by atoms with Gasteiger partial charge in [-0.25, -0.2) is 0 Å². The molecule has 7 nitrogen and oxygen atoms in total. The van der Waals surface area contributed by atoms with E-state index in [9.17, 15) is 9.59 Å². The first kappa shape index (κ1) is 18.2. The van der Waals surface area contributed by atoms with Crippen molar-refractivity contribution in [2.24, 2.45) is 0 Å². The Labute approximate surface area is 142 Å². The highest BCUT2D eigenvalue weighted by Crippen LogP contribution is 2.11. The van der Waals surface area contributed by atoms with Gasteiger partial charge in [-0.05, 0) is 24.6 Å². The fourth-order valence-electron chi connectivity index (χ4n) is 2.39. The van der Waals surface area contributed by atoms with Crippen molar-refractivity contribution in [3.63, 3.8) is 0 Å². The summed E-state index contributed by atoms with van der Waals surface area (Å²) in [7, 11) is 1.63. The first-order chi connectivity index (χ1) is 11.7. The van der Waals surface area contributed by atoms with Gasteiger partial charge in [0, 0.05) is 44.6 Å². The number of benzene rings is 1. The third-order valence-electron chi connectivity index (χ3n) is 3.74. The van der Waals surface area contributed by atoms with Gasteiger partial charge < -0.3 is 25.0 Å². The van der Waals surface area contributed by atoms with Crippen molar-refractivity contribution in [3.8, 4) is 0 Å². The van der Waals surface area contributed by atoms with E-state index in [1.165, 1.54) is 0 Å². The molecule has 0 radical (unpaired) electrons. The van der Waals surface area contributed by atoms with Crippen molar-refractivity contribution in [3.05, 3.63) is 29.8 Å². The van der Waals surface area contributed by atoms with Crippen LogP contribution in [0.2, 0.25) is 0 Å². The quantitative estimate of drug-likeness (QED) is 0.685. The van der Waals surface area contributed by atoms with Crippen molar-refractivity contribution >= 4 is 17.5 Å². The highest BCUT2D eigenvalue weighted by molar-refractivity contribution is 5.95. The number of nitrogens with zero attached hydrogens (tertiary/aromatic N) is 1. The van der Waals surface area contributed by atoms with Crippen molar-refractivity contribution < 1.29 is 19.1 Å². The molecule has 0 aliphatic carbocycles. The number of methoxy groups -OCH3 is 1. The van der Waals surface area contributed by atoms with Gasteiger partial charge in [0.2, 0.25) is 5.91 Å². The Morgan fingerprint density at radius 2 is 2.08 bits per heavy atom. The molecule has 1 aromatic carbocycles. The van der Waals surface area contributed by atoms with E-state index in [-0.39, 0.29) is 18.4 Å². The summed E-state index contributed by atoms with van der Waals surface area (Å²) in [6.45, 7) is 3.83. The van der Waals surface area contributed by atoms with Gasteiger partial charge in [-0.3, -0.25) is 9.59 Å². The number of rotatable bonds is 8. The minimum atomic E-state index is -0.130. The first-order valence-corrected chi connectivity index (χ1v) is 8.17. The lowest BCUT2D eigenvalue weighted by atomic mass is 10.2. The second-order valence-corrected chi connectivity index (χ2v) is 5.53. The first-order valence-electron chi connectivity index (χ1n) is 8.17. The van der Waals surface area contributed by atoms with Gasteiger partial charge in [0.25, 0.3) is 5.91 Å². The molecule has 0 spiro atoms. The Balaban J connectivity index is 1.81. The number of morpholine rings is 1. The Morgan fingerprint density at radius 1 is 1.29 bits per heavy atom. The van der Waals surface area contributed by atoms with E-state index >= 15 is 0 Å². The standard InChI is InChI=1S/C17H25N3O4/c1-23-9-3-6-18-17(22)14-4-2-5-15(12-14)19-13-16(21)20-7-10-24-11-8-20/h2,4-5,12,19H,3,6-11,13H2,1H3,(H,18,22). The number of carbonyl (C=O) groups is 2. The molecule has 0 aromatic heterocycles. The van der Waals surface area contributed by atoms with Crippen LogP contribution in [-0.4, -0.2) is 69.8 Å². The topological polar surface area (TPSA) is 79.9 Å². The highest BCUT2D eigenvalue weighted by atomic mass is 16.5. The molecule has 0 atom stereocenters. The second kappa shape index (κ2) is 9.89. The number of carbonyl (C=O) groups excluding carboxylic acids is 2. The number of nitrogens with one attached hydrogen (secondary N) is 2. The maximum atomic E-state index is 12.1. The normalized spacial score (nSPS) is 14.3. The fraction of sp³-hybridized carbons (Fsp3) is 0.529. The summed E-state index contributed by atoms with van der Waals surface area (Å²) in [4.78, 5) is 26.0. The molecule has 2 rings (SSSR count). The fourth-order valence-corrected chi connectivity index (χ4v) is 2.39. The van der Waals surface area contributed by atoms with E-state index in [0.717, 1.165) is 12.1 Å². The molecule has 1 aliphatic heterocycles. The van der Waals surface area contributed by atoms with Gasteiger partial charge >= 0.3 is 0 Å². The lowest BCUT2D eigenvalue weighted by Crippen LogP contribution is -2.43. The Hall–Kier alpha value is -2.12. The minimum Gasteiger partial charge on any atom is -0.385 e. The van der Waals surface area contributed by atoms with E-state index in [4.69, 9.17) is 9.47 Å². The zero-order chi connectivity index (χ0) is 17.2. The predicted molar refractivity (Wildman–Crippen MR) is 91.2 cm³/mol. The zero-order valence-electron chi connectivity index (χ0n) is 14.0. The maximum Gasteiger partial charge on any atom is 0.251 e. The van der Waals surface area contributed by atoms with Gasteiger partial charge in [0.05, 0.1) is 19.8 Å². The second-order valence-electron chi connectivity index (χ2n) is 5.53. The lowest BCUT2D eigenvalue weighted by Gasteiger charge is -2.27. The van der Waals surface area contributed by atoms with E-state index in [1.54, 1.807) is 30.2 Å². The van der Waals surface area contributed by atoms with Crippen LogP contribution in [0.3, 0.4) is 0 Å². The van der Waals surface area contributed by atoms with E-state index in [1.807, 2.05) is 6.07 Å². The van der Waals surface area contributed by atoms with Gasteiger partial charge in [-0.15, -0.1) is 0 Å². The van der Waals surface area contributed by atoms with Crippen LogP contribution in [0.1, 0.15) is 16.8 Å². The van der Waals surface area contributed by atoms with E-state index in [0.29, 0.717) is 45.0 Å².